The third-order valence-corrected chi connectivity index (χ3v) is 4.70. The van der Waals surface area contributed by atoms with Crippen molar-refractivity contribution in [2.24, 2.45) is 0 Å². The van der Waals surface area contributed by atoms with Crippen molar-refractivity contribution in [3.05, 3.63) is 65.0 Å². The van der Waals surface area contributed by atoms with E-state index < -0.39 is 0 Å². The summed E-state index contributed by atoms with van der Waals surface area (Å²) in [4.78, 5) is 13.1. The third kappa shape index (κ3) is 2.36. The molecule has 0 spiro atoms. The van der Waals surface area contributed by atoms with E-state index in [4.69, 9.17) is 5.73 Å². The Hall–Kier alpha value is -2.39. The van der Waals surface area contributed by atoms with Crippen LogP contribution in [0.25, 0.3) is 21.6 Å². The lowest BCUT2D eigenvalue weighted by atomic mass is 10.0. The second-order valence-electron chi connectivity index (χ2n) is 4.88. The number of rotatable bonds is 3. The second kappa shape index (κ2) is 5.54. The Balaban J connectivity index is 2.25. The summed E-state index contributed by atoms with van der Waals surface area (Å²) < 4.78 is 0. The molecule has 0 radical (unpaired) electrons. The number of carbonyl (C=O) groups excluding carboxylic acids is 1. The lowest BCUT2D eigenvalue weighted by Crippen LogP contribution is -1.91. The molecule has 3 rings (SSSR count). The van der Waals surface area contributed by atoms with Crippen molar-refractivity contribution >= 4 is 23.3 Å². The SMILES string of the molecule is Cc1ccccc1-c1sc(C=O)c(-c2ccccc2)c1N. The van der Waals surface area contributed by atoms with E-state index in [1.165, 1.54) is 11.3 Å². The van der Waals surface area contributed by atoms with E-state index in [-0.39, 0.29) is 0 Å². The number of carbonyl (C=O) groups is 1. The molecule has 0 amide bonds. The maximum Gasteiger partial charge on any atom is 0.160 e. The van der Waals surface area contributed by atoms with Crippen molar-refractivity contribution in [3.8, 4) is 21.6 Å². The molecule has 2 aromatic carbocycles. The minimum absolute atomic E-state index is 0.678. The summed E-state index contributed by atoms with van der Waals surface area (Å²) in [6.07, 6.45) is 0.894. The molecule has 21 heavy (non-hydrogen) atoms. The van der Waals surface area contributed by atoms with E-state index in [0.29, 0.717) is 10.6 Å². The Morgan fingerprint density at radius 2 is 1.67 bits per heavy atom. The summed E-state index contributed by atoms with van der Waals surface area (Å²) in [5, 5.41) is 0. The highest BCUT2D eigenvalue weighted by Crippen LogP contribution is 2.44. The van der Waals surface area contributed by atoms with Crippen molar-refractivity contribution in [2.75, 3.05) is 5.73 Å². The molecule has 0 fully saturated rings. The average molecular weight is 293 g/mol. The number of nitrogens with two attached hydrogens (primary N) is 1. The van der Waals surface area contributed by atoms with Crippen LogP contribution in [0.5, 0.6) is 0 Å². The van der Waals surface area contributed by atoms with Gasteiger partial charge in [0.2, 0.25) is 0 Å². The van der Waals surface area contributed by atoms with Crippen LogP contribution in [0.15, 0.2) is 54.6 Å². The molecule has 2 nitrogen and oxygen atoms in total. The molecule has 0 unspecified atom stereocenters. The third-order valence-electron chi connectivity index (χ3n) is 3.53. The van der Waals surface area contributed by atoms with Gasteiger partial charge < -0.3 is 5.73 Å². The van der Waals surface area contributed by atoms with Crippen LogP contribution in [0.4, 0.5) is 5.69 Å². The first-order chi connectivity index (χ1) is 10.2. The van der Waals surface area contributed by atoms with Gasteiger partial charge in [0, 0.05) is 5.56 Å². The quantitative estimate of drug-likeness (QED) is 0.706. The highest BCUT2D eigenvalue weighted by atomic mass is 32.1. The van der Waals surface area contributed by atoms with Crippen molar-refractivity contribution in [3.63, 3.8) is 0 Å². The first-order valence-corrected chi connectivity index (χ1v) is 7.53. The van der Waals surface area contributed by atoms with Crippen LogP contribution in [-0.2, 0) is 0 Å². The molecular formula is C18H15NOS. The average Bonchev–Trinajstić information content (AvgIpc) is 2.85. The molecule has 2 N–H and O–H groups in total. The van der Waals surface area contributed by atoms with E-state index in [1.807, 2.05) is 48.5 Å². The molecule has 0 bridgehead atoms. The molecule has 1 heterocycles. The fourth-order valence-electron chi connectivity index (χ4n) is 2.48. The molecule has 0 atom stereocenters. The summed E-state index contributed by atoms with van der Waals surface area (Å²) in [5.74, 6) is 0. The number of thiophene rings is 1. The summed E-state index contributed by atoms with van der Waals surface area (Å²) in [7, 11) is 0. The van der Waals surface area contributed by atoms with Gasteiger partial charge in [0.15, 0.2) is 6.29 Å². The van der Waals surface area contributed by atoms with Gasteiger partial charge in [-0.25, -0.2) is 0 Å². The molecule has 0 saturated carbocycles. The van der Waals surface area contributed by atoms with Gasteiger partial charge in [0.05, 0.1) is 15.4 Å². The molecule has 0 saturated heterocycles. The summed E-state index contributed by atoms with van der Waals surface area (Å²) in [5.41, 5.74) is 11.1. The van der Waals surface area contributed by atoms with Gasteiger partial charge in [-0.2, -0.15) is 0 Å². The number of aryl methyl sites for hydroxylation is 1. The molecule has 1 aromatic heterocycles. The number of nitrogen functional groups attached to an aromatic ring is 1. The van der Waals surface area contributed by atoms with Crippen molar-refractivity contribution in [1.82, 2.24) is 0 Å². The summed E-state index contributed by atoms with van der Waals surface area (Å²) in [6.45, 7) is 2.05. The van der Waals surface area contributed by atoms with Gasteiger partial charge in [-0.15, -0.1) is 11.3 Å². The van der Waals surface area contributed by atoms with Crippen LogP contribution in [-0.4, -0.2) is 6.29 Å². The highest BCUT2D eigenvalue weighted by molar-refractivity contribution is 7.18. The normalized spacial score (nSPS) is 10.5. The monoisotopic (exact) mass is 293 g/mol. The maximum absolute atomic E-state index is 11.4. The molecule has 0 aliphatic heterocycles. The Bertz CT molecular complexity index is 790. The van der Waals surface area contributed by atoms with Gasteiger partial charge in [-0.1, -0.05) is 54.6 Å². The zero-order valence-corrected chi connectivity index (χ0v) is 12.5. The number of hydrogen-bond donors (Lipinski definition) is 1. The van der Waals surface area contributed by atoms with Gasteiger partial charge in [0.1, 0.15) is 0 Å². The van der Waals surface area contributed by atoms with Crippen LogP contribution in [0.1, 0.15) is 15.2 Å². The molecule has 0 aliphatic carbocycles. The van der Waals surface area contributed by atoms with Gasteiger partial charge in [-0.05, 0) is 23.6 Å². The van der Waals surface area contributed by atoms with E-state index >= 15 is 0 Å². The topological polar surface area (TPSA) is 43.1 Å². The van der Waals surface area contributed by atoms with E-state index in [2.05, 4.69) is 13.0 Å². The smallest absolute Gasteiger partial charge is 0.160 e. The van der Waals surface area contributed by atoms with E-state index in [1.54, 1.807) is 0 Å². The van der Waals surface area contributed by atoms with Crippen LogP contribution in [0.3, 0.4) is 0 Å². The Labute approximate surface area is 127 Å². The van der Waals surface area contributed by atoms with Gasteiger partial charge in [-0.3, -0.25) is 4.79 Å². The largest absolute Gasteiger partial charge is 0.397 e. The molecule has 3 heteroatoms. The Kier molecular flexibility index (Phi) is 3.59. The van der Waals surface area contributed by atoms with Gasteiger partial charge in [0.25, 0.3) is 0 Å². The second-order valence-corrected chi connectivity index (χ2v) is 5.94. The molecular weight excluding hydrogens is 278 g/mol. The fraction of sp³-hybridized carbons (Fsp3) is 0.0556. The summed E-state index contributed by atoms with van der Waals surface area (Å²) >= 11 is 1.46. The number of aldehydes is 1. The number of anilines is 1. The molecule has 0 aliphatic rings. The maximum atomic E-state index is 11.4. The minimum atomic E-state index is 0.678. The van der Waals surface area contributed by atoms with Crippen molar-refractivity contribution in [2.45, 2.75) is 6.92 Å². The van der Waals surface area contributed by atoms with Gasteiger partial charge >= 0.3 is 0 Å². The lowest BCUT2D eigenvalue weighted by molar-refractivity contribution is 0.112. The molecule has 3 aromatic rings. The fourth-order valence-corrected chi connectivity index (χ4v) is 3.62. The van der Waals surface area contributed by atoms with Crippen LogP contribution >= 0.6 is 11.3 Å². The molecule has 104 valence electrons. The van der Waals surface area contributed by atoms with Crippen molar-refractivity contribution < 1.29 is 4.79 Å². The first kappa shape index (κ1) is 13.6. The van der Waals surface area contributed by atoms with Crippen LogP contribution in [0, 0.1) is 6.92 Å². The zero-order chi connectivity index (χ0) is 14.8. The number of hydrogen-bond acceptors (Lipinski definition) is 3. The summed E-state index contributed by atoms with van der Waals surface area (Å²) in [6, 6.07) is 17.9. The lowest BCUT2D eigenvalue weighted by Gasteiger charge is -2.06. The Morgan fingerprint density at radius 1 is 1.00 bits per heavy atom. The first-order valence-electron chi connectivity index (χ1n) is 6.71. The minimum Gasteiger partial charge on any atom is -0.397 e. The van der Waals surface area contributed by atoms with E-state index in [9.17, 15) is 4.79 Å². The highest BCUT2D eigenvalue weighted by Gasteiger charge is 2.18. The van der Waals surface area contributed by atoms with E-state index in [0.717, 1.165) is 33.4 Å². The zero-order valence-electron chi connectivity index (χ0n) is 11.7. The number of benzene rings is 2. The standard InChI is InChI=1S/C18H15NOS/c1-12-7-5-6-10-14(12)18-17(19)16(15(11-20)21-18)13-8-3-2-4-9-13/h2-11H,19H2,1H3. The Morgan fingerprint density at radius 3 is 2.33 bits per heavy atom. The van der Waals surface area contributed by atoms with Crippen LogP contribution in [0.2, 0.25) is 0 Å². The van der Waals surface area contributed by atoms with Crippen molar-refractivity contribution in [1.29, 1.82) is 0 Å². The predicted molar refractivity (Wildman–Crippen MR) is 89.7 cm³/mol. The van der Waals surface area contributed by atoms with Crippen LogP contribution < -0.4 is 5.73 Å². The predicted octanol–water partition coefficient (Wildman–Crippen LogP) is 4.79.